The van der Waals surface area contributed by atoms with E-state index in [-0.39, 0.29) is 48.9 Å². The van der Waals surface area contributed by atoms with Gasteiger partial charge in [-0.3, -0.25) is 0 Å². The highest BCUT2D eigenvalue weighted by atomic mass is 35.5. The second-order valence-electron chi connectivity index (χ2n) is 10.2. The molecule has 0 aliphatic carbocycles. The minimum absolute atomic E-state index is 0.0194. The van der Waals surface area contributed by atoms with Crippen molar-refractivity contribution < 1.29 is 31.5 Å². The molecule has 11 heteroatoms. The Morgan fingerprint density at radius 1 is 0.848 bits per heavy atom. The lowest BCUT2D eigenvalue weighted by Crippen LogP contribution is -2.14. The van der Waals surface area contributed by atoms with Gasteiger partial charge in [0.25, 0.3) is 16.4 Å². The van der Waals surface area contributed by atoms with Gasteiger partial charge in [0.15, 0.2) is 5.69 Å². The van der Waals surface area contributed by atoms with Crippen LogP contribution < -0.4 is 0 Å². The maximum Gasteiger partial charge on any atom is 0.335 e. The van der Waals surface area contributed by atoms with E-state index in [4.69, 9.17) is 18.2 Å². The summed E-state index contributed by atoms with van der Waals surface area (Å²) in [5, 5.41) is 9.72. The molecule has 0 bridgehead atoms. The smallest absolute Gasteiger partial charge is 0.335 e. The van der Waals surface area contributed by atoms with Gasteiger partial charge in [-0.25, -0.2) is 35.2 Å². The zero-order chi connectivity index (χ0) is 32.7. The monoisotopic (exact) mass is 656 g/mol. The van der Waals surface area contributed by atoms with E-state index in [2.05, 4.69) is 4.85 Å². The van der Waals surface area contributed by atoms with Crippen molar-refractivity contribution in [1.82, 2.24) is 3.97 Å². The molecule has 0 spiro atoms. The Morgan fingerprint density at radius 3 is 2.24 bits per heavy atom. The molecular formula is C35H20ClF3N2O4S. The molecule has 1 aromatic heterocycles. The van der Waals surface area contributed by atoms with Gasteiger partial charge in [-0.1, -0.05) is 72.3 Å². The van der Waals surface area contributed by atoms with Gasteiger partial charge in [-0.05, 0) is 59.7 Å². The van der Waals surface area contributed by atoms with Gasteiger partial charge in [-0.15, -0.1) is 0 Å². The molecule has 0 fully saturated rings. The molecule has 0 saturated heterocycles. The van der Waals surface area contributed by atoms with Crippen molar-refractivity contribution in [2.24, 2.45) is 0 Å². The zero-order valence-electron chi connectivity index (χ0n) is 23.5. The van der Waals surface area contributed by atoms with Crippen molar-refractivity contribution in [3.05, 3.63) is 143 Å². The number of aromatic nitrogens is 1. The van der Waals surface area contributed by atoms with Gasteiger partial charge in [-0.2, -0.15) is 0 Å². The number of hydrogen-bond donors (Lipinski definition) is 1. The summed E-state index contributed by atoms with van der Waals surface area (Å²) < 4.78 is 71.5. The molecule has 0 atom stereocenters. The Hall–Kier alpha value is -5.37. The Kier molecular flexibility index (Phi) is 7.90. The number of carboxylic acids is 1. The molecule has 46 heavy (non-hydrogen) atoms. The first-order chi connectivity index (χ1) is 22.0. The average molecular weight is 657 g/mol. The lowest BCUT2D eigenvalue weighted by molar-refractivity contribution is 0.0697. The highest BCUT2D eigenvalue weighted by Gasteiger charge is 2.30. The number of alkyl halides is 2. The van der Waals surface area contributed by atoms with Crippen LogP contribution in [-0.2, 0) is 10.0 Å². The third kappa shape index (κ3) is 5.30. The van der Waals surface area contributed by atoms with E-state index in [0.29, 0.717) is 22.3 Å². The zero-order valence-corrected chi connectivity index (χ0v) is 25.0. The molecule has 228 valence electrons. The lowest BCUT2D eigenvalue weighted by atomic mass is 9.95. The van der Waals surface area contributed by atoms with Crippen molar-refractivity contribution in [2.75, 3.05) is 0 Å². The Balaban J connectivity index is 1.72. The average Bonchev–Trinajstić information content (AvgIpc) is 3.39. The molecule has 5 aromatic carbocycles. The van der Waals surface area contributed by atoms with Gasteiger partial charge in [0.2, 0.25) is 0 Å². The number of benzene rings is 5. The largest absolute Gasteiger partial charge is 0.478 e. The molecule has 0 aliphatic rings. The fourth-order valence-corrected chi connectivity index (χ4v) is 7.24. The van der Waals surface area contributed by atoms with E-state index in [1.807, 2.05) is 0 Å². The van der Waals surface area contributed by atoms with E-state index in [1.165, 1.54) is 30.3 Å². The summed E-state index contributed by atoms with van der Waals surface area (Å²) in [5.41, 5.74) is 1.94. The van der Waals surface area contributed by atoms with Crippen LogP contribution in [0.5, 0.6) is 0 Å². The fraction of sp³-hybridized carbons (Fsp3) is 0.0286. The fourth-order valence-electron chi connectivity index (χ4n) is 5.41. The number of para-hydroxylation sites is 1. The molecule has 0 amide bonds. The van der Waals surface area contributed by atoms with Crippen LogP contribution >= 0.6 is 11.6 Å². The summed E-state index contributed by atoms with van der Waals surface area (Å²) >= 11 is 6.48. The molecule has 6 aromatic rings. The highest BCUT2D eigenvalue weighted by molar-refractivity contribution is 7.90. The summed E-state index contributed by atoms with van der Waals surface area (Å²) in [5.74, 6) is -1.80. The number of halogens is 4. The summed E-state index contributed by atoms with van der Waals surface area (Å²) in [6, 6.07) is 25.3. The summed E-state index contributed by atoms with van der Waals surface area (Å²) in [4.78, 5) is 14.8. The predicted octanol–water partition coefficient (Wildman–Crippen LogP) is 9.86. The van der Waals surface area contributed by atoms with Gasteiger partial charge < -0.3 is 5.11 Å². The maximum absolute atomic E-state index is 14.9. The number of aromatic carboxylic acids is 1. The Morgan fingerprint density at radius 2 is 1.57 bits per heavy atom. The minimum atomic E-state index is -4.53. The topological polar surface area (TPSA) is 80.7 Å². The third-order valence-electron chi connectivity index (χ3n) is 7.51. The first kappa shape index (κ1) is 30.6. The van der Waals surface area contributed by atoms with Crippen LogP contribution in [0.1, 0.15) is 22.3 Å². The first-order valence-electron chi connectivity index (χ1n) is 13.6. The van der Waals surface area contributed by atoms with Crippen molar-refractivity contribution in [1.29, 1.82) is 0 Å². The second-order valence-corrected chi connectivity index (χ2v) is 12.4. The Labute approximate surface area is 266 Å². The van der Waals surface area contributed by atoms with Crippen LogP contribution in [0.4, 0.5) is 18.9 Å². The molecule has 0 aliphatic heterocycles. The number of carboxylic acid groups (broad SMARTS) is 1. The van der Waals surface area contributed by atoms with E-state index >= 15 is 0 Å². The molecule has 0 unspecified atom stereocenters. The van der Waals surface area contributed by atoms with E-state index < -0.39 is 28.2 Å². The van der Waals surface area contributed by atoms with Gasteiger partial charge in [0, 0.05) is 32.7 Å². The minimum Gasteiger partial charge on any atom is -0.478 e. The summed E-state index contributed by atoms with van der Waals surface area (Å²) in [7, 11) is -4.53. The molecular weight excluding hydrogens is 637 g/mol. The number of rotatable bonds is 7. The number of nitrogens with zero attached hydrogens (tertiary/aromatic N) is 2. The molecule has 0 radical (unpaired) electrons. The van der Waals surface area contributed by atoms with Crippen LogP contribution in [0.2, 0.25) is 5.02 Å². The van der Waals surface area contributed by atoms with Gasteiger partial charge in [0.1, 0.15) is 5.82 Å². The highest BCUT2D eigenvalue weighted by Crippen LogP contribution is 2.47. The molecule has 1 heterocycles. The predicted molar refractivity (Wildman–Crippen MR) is 170 cm³/mol. The van der Waals surface area contributed by atoms with Crippen molar-refractivity contribution in [3.8, 4) is 33.5 Å². The molecule has 6 rings (SSSR count). The number of carbonyl (C=O) groups is 1. The number of hydrogen-bond acceptors (Lipinski definition) is 3. The second kappa shape index (κ2) is 11.9. The first-order valence-corrected chi connectivity index (χ1v) is 15.4. The number of fused-ring (bicyclic) bond motifs is 1. The lowest BCUT2D eigenvalue weighted by Gasteiger charge is -2.16. The molecule has 1 N–H and O–H groups in total. The van der Waals surface area contributed by atoms with E-state index in [0.717, 1.165) is 34.3 Å². The van der Waals surface area contributed by atoms with Crippen molar-refractivity contribution in [2.45, 2.75) is 11.3 Å². The van der Waals surface area contributed by atoms with Crippen LogP contribution in [0, 0.1) is 12.4 Å². The van der Waals surface area contributed by atoms with Crippen LogP contribution in [-0.4, -0.2) is 23.5 Å². The van der Waals surface area contributed by atoms with Crippen LogP contribution in [0.25, 0.3) is 49.3 Å². The quantitative estimate of drug-likeness (QED) is 0.174. The van der Waals surface area contributed by atoms with Gasteiger partial charge >= 0.3 is 5.97 Å². The van der Waals surface area contributed by atoms with Gasteiger partial charge in [0.05, 0.1) is 28.2 Å². The standard InChI is InChI=1S/C35H20ClF3N2O4S/c1-40-30-8-3-2-7-27(30)32-28-19-24(37)12-16-31(28)41(46(44,45)25-13-9-20(10-14-25)34(38)39)33(32)22-6-4-5-21(17-22)26-15-11-23(35(42)43)18-29(26)36/h2-19,34H,(H,42,43). The van der Waals surface area contributed by atoms with Crippen LogP contribution in [0.15, 0.2) is 114 Å². The summed E-state index contributed by atoms with van der Waals surface area (Å²) in [6.07, 6.45) is -2.81. The molecule has 6 nitrogen and oxygen atoms in total. The van der Waals surface area contributed by atoms with E-state index in [1.54, 1.807) is 48.5 Å². The summed E-state index contributed by atoms with van der Waals surface area (Å²) in [6.45, 7) is 7.80. The maximum atomic E-state index is 14.9. The van der Waals surface area contributed by atoms with Crippen molar-refractivity contribution >= 4 is 44.2 Å². The normalized spacial score (nSPS) is 11.6. The SMILES string of the molecule is [C-]#[N+]c1ccccc1-c1c(-c2cccc(-c3ccc(C(=O)O)cc3Cl)c2)n(S(=O)(=O)c2ccc(C(F)F)cc2)c2ccc(F)cc12. The van der Waals surface area contributed by atoms with Crippen LogP contribution in [0.3, 0.4) is 0 Å². The molecule has 0 saturated carbocycles. The van der Waals surface area contributed by atoms with Crippen molar-refractivity contribution in [3.63, 3.8) is 0 Å². The Bertz CT molecular complexity index is 2330. The third-order valence-corrected chi connectivity index (χ3v) is 9.55. The van der Waals surface area contributed by atoms with E-state index in [9.17, 15) is 31.5 Å².